The lowest BCUT2D eigenvalue weighted by molar-refractivity contribution is 0.311. The first-order valence-electron chi connectivity index (χ1n) is 14.2. The van der Waals surface area contributed by atoms with E-state index >= 15 is 0 Å². The molecule has 0 bridgehead atoms. The monoisotopic (exact) mass is 622 g/mol. The first-order valence-corrected chi connectivity index (χ1v) is 14.6. The van der Waals surface area contributed by atoms with Gasteiger partial charge in [-0.1, -0.05) is 53.6 Å². The van der Waals surface area contributed by atoms with Gasteiger partial charge in [-0.05, 0) is 54.4 Å². The van der Waals surface area contributed by atoms with E-state index in [1.807, 2.05) is 36.4 Å². The number of hydrogen-bond acceptors (Lipinski definition) is 13. The molecule has 1 unspecified atom stereocenters. The number of nitrogens with two attached hydrogens (primary N) is 2. The number of aliphatic hydroxyl groups excluding tert-OH is 1. The highest BCUT2D eigenvalue weighted by Gasteiger charge is 2.24. The maximum absolute atomic E-state index is 9.28. The van der Waals surface area contributed by atoms with Crippen molar-refractivity contribution in [3.8, 4) is 0 Å². The van der Waals surface area contributed by atoms with E-state index in [9.17, 15) is 5.11 Å². The van der Waals surface area contributed by atoms with Gasteiger partial charge in [0.2, 0.25) is 23.8 Å². The number of nitrogens with zero attached hydrogens (tertiary/aromatic N) is 6. The summed E-state index contributed by atoms with van der Waals surface area (Å²) in [5.41, 5.74) is 18.1. The van der Waals surface area contributed by atoms with Crippen molar-refractivity contribution < 1.29 is 5.11 Å². The number of nitrogens with one attached hydrogen (secondary N) is 4. The first-order chi connectivity index (χ1) is 21.8. The van der Waals surface area contributed by atoms with Crippen LogP contribution < -0.4 is 32.7 Å². The molecule has 0 saturated heterocycles. The van der Waals surface area contributed by atoms with Crippen LogP contribution in [0, 0.1) is 6.92 Å². The molecule has 0 amide bonds. The van der Waals surface area contributed by atoms with Crippen molar-refractivity contribution in [3.63, 3.8) is 0 Å². The molecule has 13 nitrogen and oxygen atoms in total. The van der Waals surface area contributed by atoms with Gasteiger partial charge in [0.05, 0.1) is 18.4 Å². The molecule has 1 aliphatic rings. The van der Waals surface area contributed by atoms with E-state index in [1.165, 1.54) is 5.56 Å². The Hall–Kier alpha value is -5.53. The minimum atomic E-state index is -0.126. The van der Waals surface area contributed by atoms with Crippen LogP contribution in [0.1, 0.15) is 29.2 Å². The summed E-state index contributed by atoms with van der Waals surface area (Å²) in [6, 6.07) is 23.1. The van der Waals surface area contributed by atoms with Gasteiger partial charge >= 0.3 is 0 Å². The highest BCUT2D eigenvalue weighted by molar-refractivity contribution is 6.30. The maximum atomic E-state index is 9.28. The maximum Gasteiger partial charge on any atom is 0.233 e. The number of aliphatic imine (C=N–C) groups is 1. The van der Waals surface area contributed by atoms with Crippen LogP contribution in [0.4, 0.5) is 52.5 Å². The quantitative estimate of drug-likeness (QED) is 0.111. The zero-order chi connectivity index (χ0) is 31.3. The summed E-state index contributed by atoms with van der Waals surface area (Å²) in [6.07, 6.45) is 0.568. The summed E-state index contributed by atoms with van der Waals surface area (Å²) < 4.78 is 0. The lowest BCUT2D eigenvalue weighted by atomic mass is 9.96. The van der Waals surface area contributed by atoms with Crippen LogP contribution in [-0.4, -0.2) is 48.9 Å². The van der Waals surface area contributed by atoms with E-state index in [0.29, 0.717) is 40.8 Å². The van der Waals surface area contributed by atoms with Gasteiger partial charge < -0.3 is 37.8 Å². The molecule has 5 aromatic rings. The van der Waals surface area contributed by atoms with Crippen LogP contribution in [0.3, 0.4) is 0 Å². The van der Waals surface area contributed by atoms with Crippen molar-refractivity contribution in [2.24, 2.45) is 4.99 Å². The van der Waals surface area contributed by atoms with E-state index in [0.717, 1.165) is 28.2 Å². The van der Waals surface area contributed by atoms with Gasteiger partial charge in [0, 0.05) is 29.4 Å². The first kappa shape index (κ1) is 29.5. The molecule has 0 saturated carbocycles. The standard InChI is InChI=1S/C31H31ClN12O/c1-17-2-4-18(5-3-17)24-16-23(38-25-26(33)40-28(34)41-27(25)39-24)19-6-10-21(11-7-19)36-30-42-29(35-14-15-45)43-31(44-30)37-22-12-8-20(32)9-13-22/h2-13,24,45H,14-16H2,1H3,(H5,33,34,39,40,41)(H3,35,36,37,42,43,44). The number of halogens is 1. The molecule has 14 heteroatoms. The average Bonchev–Trinajstić information content (AvgIpc) is 3.22. The molecule has 0 fully saturated rings. The molecule has 1 atom stereocenters. The molecular weight excluding hydrogens is 592 g/mol. The third-order valence-corrected chi connectivity index (χ3v) is 7.22. The van der Waals surface area contributed by atoms with Crippen molar-refractivity contribution >= 4 is 69.8 Å². The number of aliphatic hydroxyl groups is 1. The Balaban J connectivity index is 1.28. The summed E-state index contributed by atoms with van der Waals surface area (Å²) in [5.74, 6) is 1.69. The molecule has 2 aromatic heterocycles. The third kappa shape index (κ3) is 7.17. The summed E-state index contributed by atoms with van der Waals surface area (Å²) in [5, 5.41) is 22.7. The average molecular weight is 623 g/mol. The number of aryl methyl sites for hydroxylation is 1. The van der Waals surface area contributed by atoms with Gasteiger partial charge in [0.25, 0.3) is 0 Å². The Bertz CT molecular complexity index is 1830. The van der Waals surface area contributed by atoms with Crippen LogP contribution >= 0.6 is 11.6 Å². The van der Waals surface area contributed by atoms with Crippen molar-refractivity contribution in [1.29, 1.82) is 0 Å². The topological polar surface area (TPSA) is 197 Å². The smallest absolute Gasteiger partial charge is 0.233 e. The molecule has 0 spiro atoms. The number of hydrogen-bond donors (Lipinski definition) is 7. The molecule has 0 aliphatic carbocycles. The largest absolute Gasteiger partial charge is 0.395 e. The van der Waals surface area contributed by atoms with Crippen LogP contribution in [0.15, 0.2) is 77.8 Å². The number of nitrogen functional groups attached to an aromatic ring is 2. The van der Waals surface area contributed by atoms with Gasteiger partial charge in [0.1, 0.15) is 5.69 Å². The third-order valence-electron chi connectivity index (χ3n) is 6.97. The highest BCUT2D eigenvalue weighted by Crippen LogP contribution is 2.38. The molecule has 3 aromatic carbocycles. The van der Waals surface area contributed by atoms with Gasteiger partial charge in [-0.3, -0.25) is 0 Å². The molecule has 45 heavy (non-hydrogen) atoms. The Labute approximate surface area is 264 Å². The van der Waals surface area contributed by atoms with Crippen molar-refractivity contribution in [2.75, 3.05) is 45.9 Å². The number of aromatic nitrogens is 5. The summed E-state index contributed by atoms with van der Waals surface area (Å²) in [6.45, 7) is 2.26. The number of benzene rings is 3. The molecule has 0 radical (unpaired) electrons. The van der Waals surface area contributed by atoms with E-state index in [2.05, 4.69) is 77.4 Å². The molecule has 1 aliphatic heterocycles. The van der Waals surface area contributed by atoms with Crippen LogP contribution in [0.25, 0.3) is 0 Å². The van der Waals surface area contributed by atoms with Crippen LogP contribution in [0.2, 0.25) is 5.02 Å². The second kappa shape index (κ2) is 13.0. The lowest BCUT2D eigenvalue weighted by Gasteiger charge is -2.19. The highest BCUT2D eigenvalue weighted by atomic mass is 35.5. The molecule has 3 heterocycles. The summed E-state index contributed by atoms with van der Waals surface area (Å²) in [7, 11) is 0. The van der Waals surface area contributed by atoms with Gasteiger partial charge in [-0.2, -0.15) is 24.9 Å². The SMILES string of the molecule is Cc1ccc(C2CC(c3ccc(Nc4nc(NCCO)nc(Nc5ccc(Cl)cc5)n4)cc3)=Nc3c(N)nc(N)nc3N2)cc1. The lowest BCUT2D eigenvalue weighted by Crippen LogP contribution is -2.15. The predicted octanol–water partition coefficient (Wildman–Crippen LogP) is 5.36. The zero-order valence-corrected chi connectivity index (χ0v) is 25.0. The number of fused-ring (bicyclic) bond motifs is 1. The second-order valence-corrected chi connectivity index (χ2v) is 10.8. The van der Waals surface area contributed by atoms with Gasteiger partial charge in [-0.25, -0.2) is 4.99 Å². The number of anilines is 8. The van der Waals surface area contributed by atoms with Crippen LogP contribution in [-0.2, 0) is 0 Å². The fourth-order valence-corrected chi connectivity index (χ4v) is 4.87. The van der Waals surface area contributed by atoms with Gasteiger partial charge in [0.15, 0.2) is 11.6 Å². The minimum absolute atomic E-state index is 0.0737. The van der Waals surface area contributed by atoms with Crippen molar-refractivity contribution in [2.45, 2.75) is 19.4 Å². The Morgan fingerprint density at radius 2 is 1.44 bits per heavy atom. The number of rotatable bonds is 9. The molecule has 6 rings (SSSR count). The predicted molar refractivity (Wildman–Crippen MR) is 179 cm³/mol. The van der Waals surface area contributed by atoms with E-state index in [4.69, 9.17) is 28.1 Å². The van der Waals surface area contributed by atoms with Crippen molar-refractivity contribution in [1.82, 2.24) is 24.9 Å². The normalized spacial score (nSPS) is 14.0. The van der Waals surface area contributed by atoms with Crippen molar-refractivity contribution in [3.05, 3.63) is 94.5 Å². The van der Waals surface area contributed by atoms with E-state index in [1.54, 1.807) is 12.1 Å². The van der Waals surface area contributed by atoms with E-state index < -0.39 is 0 Å². The summed E-state index contributed by atoms with van der Waals surface area (Å²) in [4.78, 5) is 26.8. The Morgan fingerprint density at radius 3 is 2.09 bits per heavy atom. The minimum Gasteiger partial charge on any atom is -0.395 e. The Morgan fingerprint density at radius 1 is 0.822 bits per heavy atom. The fraction of sp³-hybridized carbons (Fsp3) is 0.161. The van der Waals surface area contributed by atoms with Crippen LogP contribution in [0.5, 0.6) is 0 Å². The molecule has 9 N–H and O–H groups in total. The zero-order valence-electron chi connectivity index (χ0n) is 24.3. The Kier molecular flexibility index (Phi) is 8.53. The van der Waals surface area contributed by atoms with E-state index in [-0.39, 0.29) is 31.0 Å². The summed E-state index contributed by atoms with van der Waals surface area (Å²) >= 11 is 6.02. The molecular formula is C31H31ClN12O. The molecule has 228 valence electrons. The fourth-order valence-electron chi connectivity index (χ4n) is 4.75. The van der Waals surface area contributed by atoms with Gasteiger partial charge in [-0.15, -0.1) is 0 Å². The second-order valence-electron chi connectivity index (χ2n) is 10.3.